The Morgan fingerprint density at radius 3 is 0.706 bits per heavy atom. The van der Waals surface area contributed by atoms with Gasteiger partial charge in [-0.2, -0.15) is 0 Å². The van der Waals surface area contributed by atoms with Crippen LogP contribution in [0, 0.1) is 0 Å². The van der Waals surface area contributed by atoms with Crippen molar-refractivity contribution in [2.24, 2.45) is 0 Å². The molecule has 126 heavy (non-hydrogen) atoms. The molecule has 0 saturated heterocycles. The van der Waals surface area contributed by atoms with Crippen LogP contribution in [-0.2, 0) is 0 Å². The van der Waals surface area contributed by atoms with E-state index in [1.807, 2.05) is 104 Å². The summed E-state index contributed by atoms with van der Waals surface area (Å²) in [5.41, 5.74) is 23.0. The lowest BCUT2D eigenvalue weighted by atomic mass is 9.88. The summed E-state index contributed by atoms with van der Waals surface area (Å²) in [5.74, 6) is 1.81. The number of pyridine rings is 6. The van der Waals surface area contributed by atoms with Crippen molar-refractivity contribution in [2.75, 3.05) is 0 Å². The number of benzene rings is 17. The predicted molar refractivity (Wildman–Crippen MR) is 522 cm³/mol. The van der Waals surface area contributed by atoms with Crippen LogP contribution < -0.4 is 0 Å². The van der Waals surface area contributed by atoms with E-state index in [1.54, 1.807) is 24.8 Å². The van der Waals surface area contributed by atoms with E-state index < -0.39 is 0 Å². The maximum Gasteiger partial charge on any atom is 0.164 e. The first-order valence-electron chi connectivity index (χ1n) is 42.3. The van der Waals surface area contributed by atoms with Gasteiger partial charge in [0, 0.05) is 107 Å². The van der Waals surface area contributed by atoms with E-state index in [1.165, 1.54) is 130 Å². The molecule has 7 heterocycles. The highest BCUT2D eigenvalue weighted by molar-refractivity contribution is 6.28. The second-order valence-corrected chi connectivity index (χ2v) is 31.5. The molecule has 9 heteroatoms. The Balaban J connectivity index is 0.000000112. The van der Waals surface area contributed by atoms with Crippen molar-refractivity contribution in [3.8, 4) is 134 Å². The number of hydrogen-bond donors (Lipinski definition) is 0. The van der Waals surface area contributed by atoms with Gasteiger partial charge >= 0.3 is 0 Å². The molecule has 24 aromatic rings. The fraction of sp³-hybridized carbons (Fsp3) is 0. The summed E-state index contributed by atoms with van der Waals surface area (Å²) in [5, 5.41) is 22.9. The Hall–Kier alpha value is -17.0. The van der Waals surface area contributed by atoms with Crippen LogP contribution in [0.15, 0.2) is 456 Å². The Morgan fingerprint density at radius 2 is 0.389 bits per heavy atom. The molecule has 0 spiro atoms. The van der Waals surface area contributed by atoms with Crippen LogP contribution in [0.2, 0.25) is 0 Å². The van der Waals surface area contributed by atoms with Crippen LogP contribution in [0.3, 0.4) is 0 Å². The van der Waals surface area contributed by atoms with Crippen LogP contribution in [0.5, 0.6) is 0 Å². The summed E-state index contributed by atoms with van der Waals surface area (Å²) in [4.78, 5) is 41.0. The molecule has 0 amide bonds. The number of hydrogen-bond acceptors (Lipinski definition) is 9. The minimum absolute atomic E-state index is 0.597. The first kappa shape index (κ1) is 75.2. The van der Waals surface area contributed by atoms with Crippen molar-refractivity contribution in [1.82, 2.24) is 44.9 Å². The Bertz CT molecular complexity index is 7210. The van der Waals surface area contributed by atoms with Crippen LogP contribution in [0.25, 0.3) is 231 Å². The normalized spacial score (nSPS) is 11.3. The van der Waals surface area contributed by atoms with Crippen molar-refractivity contribution < 1.29 is 0 Å². The summed E-state index contributed by atoms with van der Waals surface area (Å²) in [6, 6.07) is 138. The van der Waals surface area contributed by atoms with E-state index >= 15 is 0 Å². The minimum Gasteiger partial charge on any atom is -0.265 e. The minimum atomic E-state index is 0.597. The molecular weight excluding hydrogens is 1530 g/mol. The van der Waals surface area contributed by atoms with Gasteiger partial charge in [-0.3, -0.25) is 29.9 Å². The third-order valence-electron chi connectivity index (χ3n) is 24.1. The van der Waals surface area contributed by atoms with Crippen LogP contribution in [0.4, 0.5) is 0 Å². The monoisotopic (exact) mass is 1610 g/mol. The van der Waals surface area contributed by atoms with Gasteiger partial charge in [-0.15, -0.1) is 0 Å². The Morgan fingerprint density at radius 1 is 0.127 bits per heavy atom. The van der Waals surface area contributed by atoms with Gasteiger partial charge < -0.3 is 0 Å². The van der Waals surface area contributed by atoms with Gasteiger partial charge in [0.1, 0.15) is 0 Å². The second kappa shape index (κ2) is 33.2. The standard InChI is InChI=1S/2C40H26N2.C37H23N5/c1-2-12-34(32-22-30(28-9-7-19-41-25-28)21-31(23-32)29-10-8-20-42-26-29)33(11-1)27-17-18-39-37-15-4-3-13-35(37)36-14-5-6-16-38(36)40(39)24-27;1-2-12-33(30-22-29(28-10-9-20-41-26-28)23-31(24-30)40-17-7-8-21-42-40)32(11-1)27-18-19-38-36-15-4-3-13-34(36)35-14-5-6-16-37(35)39(38)25-27;1-6-12-33(37-41-35(24-15-19-38-20-16-24)40-36(42-37)25-17-21-39-22-18-25)27(7-1)26-13-14-32-30-10-3-2-8-28(30)29-9-4-5-11-31(29)34(32)23-26/h2*1-26H;1-23H. The molecule has 0 aliphatic rings. The molecule has 0 radical (unpaired) electrons. The van der Waals surface area contributed by atoms with Gasteiger partial charge in [-0.1, -0.05) is 279 Å². The molecule has 0 N–H and O–H groups in total. The Labute approximate surface area is 727 Å². The summed E-state index contributed by atoms with van der Waals surface area (Å²) >= 11 is 0. The average molecular weight is 1610 g/mol. The lowest BCUT2D eigenvalue weighted by Gasteiger charge is -2.16. The van der Waals surface area contributed by atoms with Crippen molar-refractivity contribution >= 4 is 97.0 Å². The summed E-state index contributed by atoms with van der Waals surface area (Å²) in [7, 11) is 0. The molecule has 0 saturated carbocycles. The topological polar surface area (TPSA) is 116 Å². The van der Waals surface area contributed by atoms with Crippen LogP contribution >= 0.6 is 0 Å². The molecule has 0 fully saturated rings. The smallest absolute Gasteiger partial charge is 0.164 e. The quantitative estimate of drug-likeness (QED) is 0.110. The zero-order valence-corrected chi connectivity index (χ0v) is 68.3. The van der Waals surface area contributed by atoms with E-state index in [2.05, 4.69) is 357 Å². The SMILES string of the molecule is c1ccc(-c2cc(-c3cccnc3)cc(-c3ccccc3-c3ccc4c5ccccc5c5ccccc5c4c3)c2)nc1.c1ccc(-c2nc(-c3ccncc3)nc(-c3ccncc3)n2)c(-c2ccc3c4ccccc4c4ccccc4c3c2)c1.c1cncc(-c2cc(-c3cccnc3)cc(-c3ccccc3-c3ccc4c5ccccc5c5ccccc5c4c3)c2)c1. The molecule has 0 aliphatic heterocycles. The molecule has 17 aromatic carbocycles. The van der Waals surface area contributed by atoms with Gasteiger partial charge in [0.2, 0.25) is 0 Å². The third kappa shape index (κ3) is 14.4. The van der Waals surface area contributed by atoms with Gasteiger partial charge in [0.05, 0.1) is 5.69 Å². The summed E-state index contributed by atoms with van der Waals surface area (Å²) in [6.45, 7) is 0. The molecule has 7 aromatic heterocycles. The summed E-state index contributed by atoms with van der Waals surface area (Å²) in [6.07, 6.45) is 20.1. The lowest BCUT2D eigenvalue weighted by molar-refractivity contribution is 1.07. The lowest BCUT2D eigenvalue weighted by Crippen LogP contribution is -2.01. The maximum absolute atomic E-state index is 4.97. The molecule has 0 atom stereocenters. The number of aromatic nitrogens is 9. The van der Waals surface area contributed by atoms with E-state index in [4.69, 9.17) is 15.0 Å². The van der Waals surface area contributed by atoms with E-state index in [9.17, 15) is 0 Å². The highest BCUT2D eigenvalue weighted by Gasteiger charge is 2.21. The van der Waals surface area contributed by atoms with E-state index in [0.29, 0.717) is 17.5 Å². The molecule has 588 valence electrons. The van der Waals surface area contributed by atoms with Crippen molar-refractivity contribution in [3.63, 3.8) is 0 Å². The third-order valence-corrected chi connectivity index (χ3v) is 24.1. The predicted octanol–water partition coefficient (Wildman–Crippen LogP) is 30.0. The molecule has 9 nitrogen and oxygen atoms in total. The zero-order valence-electron chi connectivity index (χ0n) is 68.3. The van der Waals surface area contributed by atoms with Gasteiger partial charge in [0.25, 0.3) is 0 Å². The number of nitrogens with zero attached hydrogens (tertiary/aromatic N) is 9. The first-order chi connectivity index (χ1) is 62.5. The highest BCUT2D eigenvalue weighted by atomic mass is 15.0. The molecule has 0 unspecified atom stereocenters. The summed E-state index contributed by atoms with van der Waals surface area (Å²) < 4.78 is 0. The molecule has 24 rings (SSSR count). The van der Waals surface area contributed by atoms with Gasteiger partial charge in [-0.25, -0.2) is 15.0 Å². The molecular formula is C117H75N9. The van der Waals surface area contributed by atoms with Crippen LogP contribution in [-0.4, -0.2) is 44.9 Å². The fourth-order valence-electron chi connectivity index (χ4n) is 18.2. The Kier molecular flexibility index (Phi) is 19.8. The van der Waals surface area contributed by atoms with Gasteiger partial charge in [0.15, 0.2) is 17.5 Å². The molecule has 0 aliphatic carbocycles. The maximum atomic E-state index is 4.97. The first-order valence-corrected chi connectivity index (χ1v) is 42.3. The van der Waals surface area contributed by atoms with Gasteiger partial charge in [-0.05, 0) is 278 Å². The van der Waals surface area contributed by atoms with Crippen LogP contribution in [0.1, 0.15) is 0 Å². The van der Waals surface area contributed by atoms with Crippen molar-refractivity contribution in [3.05, 3.63) is 456 Å². The average Bonchev–Trinajstić information content (AvgIpc) is 0.746. The fourth-order valence-corrected chi connectivity index (χ4v) is 18.2. The van der Waals surface area contributed by atoms with E-state index in [-0.39, 0.29) is 0 Å². The highest BCUT2D eigenvalue weighted by Crippen LogP contribution is 2.46. The number of rotatable bonds is 12. The van der Waals surface area contributed by atoms with Crippen molar-refractivity contribution in [1.29, 1.82) is 0 Å². The molecule has 0 bridgehead atoms. The second-order valence-electron chi connectivity index (χ2n) is 31.5. The van der Waals surface area contributed by atoms with Crippen molar-refractivity contribution in [2.45, 2.75) is 0 Å². The largest absolute Gasteiger partial charge is 0.265 e. The van der Waals surface area contributed by atoms with E-state index in [0.717, 1.165) is 83.6 Å². The zero-order chi connectivity index (χ0) is 83.6. The number of fused-ring (bicyclic) bond motifs is 18.